The number of hydrogen-bond donors (Lipinski definition) is 0. The SMILES string of the molecule is Clc1nc(-c2ccccc2)nc(-n2c3ccccc3n3c4ccccc4nc23)n1. The Morgan fingerprint density at radius 3 is 2.14 bits per heavy atom. The summed E-state index contributed by atoms with van der Waals surface area (Å²) in [7, 11) is 0. The Kier molecular flexibility index (Phi) is 3.42. The van der Waals surface area contributed by atoms with Gasteiger partial charge in [-0.05, 0) is 35.9 Å². The first-order valence-electron chi connectivity index (χ1n) is 9.13. The molecule has 6 nitrogen and oxygen atoms in total. The van der Waals surface area contributed by atoms with Crippen molar-refractivity contribution in [2.24, 2.45) is 0 Å². The second-order valence-corrected chi connectivity index (χ2v) is 6.99. The summed E-state index contributed by atoms with van der Waals surface area (Å²) < 4.78 is 4.04. The maximum Gasteiger partial charge on any atom is 0.241 e. The topological polar surface area (TPSA) is 60.9 Å². The van der Waals surface area contributed by atoms with Crippen molar-refractivity contribution in [2.45, 2.75) is 0 Å². The quantitative estimate of drug-likeness (QED) is 0.416. The van der Waals surface area contributed by atoms with Crippen LogP contribution in [-0.2, 0) is 0 Å². The number of nitrogens with zero attached hydrogens (tertiary/aromatic N) is 6. The summed E-state index contributed by atoms with van der Waals surface area (Å²) >= 11 is 6.30. The van der Waals surface area contributed by atoms with Crippen LogP contribution in [0.4, 0.5) is 0 Å². The first-order valence-corrected chi connectivity index (χ1v) is 9.51. The molecule has 0 saturated heterocycles. The van der Waals surface area contributed by atoms with Gasteiger partial charge in [0.15, 0.2) is 5.82 Å². The van der Waals surface area contributed by atoms with E-state index in [4.69, 9.17) is 21.6 Å². The van der Waals surface area contributed by atoms with Crippen molar-refractivity contribution in [1.82, 2.24) is 28.9 Å². The van der Waals surface area contributed by atoms with Gasteiger partial charge in [-0.1, -0.05) is 54.6 Å². The van der Waals surface area contributed by atoms with Gasteiger partial charge >= 0.3 is 0 Å². The van der Waals surface area contributed by atoms with Crippen LogP contribution in [0.3, 0.4) is 0 Å². The van der Waals surface area contributed by atoms with E-state index < -0.39 is 0 Å². The Labute approximate surface area is 170 Å². The summed E-state index contributed by atoms with van der Waals surface area (Å²) in [6, 6.07) is 25.9. The Hall–Kier alpha value is -3.77. The van der Waals surface area contributed by atoms with Crippen LogP contribution in [0.2, 0.25) is 5.28 Å². The van der Waals surface area contributed by atoms with E-state index in [0.29, 0.717) is 11.8 Å². The first kappa shape index (κ1) is 16.2. The third-order valence-corrected chi connectivity index (χ3v) is 5.10. The number of fused-ring (bicyclic) bond motifs is 5. The number of imidazole rings is 2. The van der Waals surface area contributed by atoms with Gasteiger partial charge in [-0.15, -0.1) is 0 Å². The van der Waals surface area contributed by atoms with Crippen LogP contribution < -0.4 is 0 Å². The summed E-state index contributed by atoms with van der Waals surface area (Å²) in [5.41, 5.74) is 4.78. The molecular formula is C22H13ClN6. The van der Waals surface area contributed by atoms with Crippen molar-refractivity contribution in [1.29, 1.82) is 0 Å². The summed E-state index contributed by atoms with van der Waals surface area (Å²) in [6.07, 6.45) is 0. The van der Waals surface area contributed by atoms with Gasteiger partial charge in [0.25, 0.3) is 0 Å². The smallest absolute Gasteiger partial charge is 0.241 e. The number of hydrogen-bond acceptors (Lipinski definition) is 4. The van der Waals surface area contributed by atoms with Crippen molar-refractivity contribution in [3.63, 3.8) is 0 Å². The Morgan fingerprint density at radius 1 is 0.621 bits per heavy atom. The second kappa shape index (κ2) is 6.12. The minimum atomic E-state index is 0.140. The fraction of sp³-hybridized carbons (Fsp3) is 0. The lowest BCUT2D eigenvalue weighted by Gasteiger charge is -2.06. The molecule has 6 rings (SSSR count). The largest absolute Gasteiger partial charge is 0.276 e. The fourth-order valence-corrected chi connectivity index (χ4v) is 3.86. The molecule has 3 aromatic heterocycles. The average Bonchev–Trinajstić information content (AvgIpc) is 3.28. The van der Waals surface area contributed by atoms with E-state index in [2.05, 4.69) is 26.5 Å². The number of halogens is 1. The molecule has 3 aromatic carbocycles. The number of para-hydroxylation sites is 4. The molecule has 0 atom stereocenters. The summed E-state index contributed by atoms with van der Waals surface area (Å²) in [5, 5.41) is 0.140. The van der Waals surface area contributed by atoms with Crippen LogP contribution in [0.25, 0.3) is 45.2 Å². The molecule has 3 heterocycles. The fourth-order valence-electron chi connectivity index (χ4n) is 3.70. The standard InChI is InChI=1S/C22H13ClN6/c23-20-25-19(14-8-2-1-3-9-14)26-21(27-20)29-18-13-7-6-12-17(18)28-16-11-5-4-10-15(16)24-22(28)29/h1-13H. The number of rotatable bonds is 2. The Morgan fingerprint density at radius 2 is 1.31 bits per heavy atom. The van der Waals surface area contributed by atoms with E-state index in [-0.39, 0.29) is 5.28 Å². The van der Waals surface area contributed by atoms with Gasteiger partial charge < -0.3 is 0 Å². The van der Waals surface area contributed by atoms with E-state index in [1.165, 1.54) is 0 Å². The maximum atomic E-state index is 6.30. The van der Waals surface area contributed by atoms with Gasteiger partial charge in [0.05, 0.1) is 22.1 Å². The normalized spacial score (nSPS) is 11.6. The van der Waals surface area contributed by atoms with Crippen LogP contribution in [-0.4, -0.2) is 28.9 Å². The van der Waals surface area contributed by atoms with Gasteiger partial charge in [0.1, 0.15) is 0 Å². The highest BCUT2D eigenvalue weighted by Crippen LogP contribution is 2.28. The van der Waals surface area contributed by atoms with E-state index in [9.17, 15) is 0 Å². The van der Waals surface area contributed by atoms with Gasteiger partial charge in [0, 0.05) is 5.56 Å². The van der Waals surface area contributed by atoms with Crippen LogP contribution in [0.5, 0.6) is 0 Å². The lowest BCUT2D eigenvalue weighted by Crippen LogP contribution is -2.05. The van der Waals surface area contributed by atoms with Crippen LogP contribution >= 0.6 is 11.6 Å². The lowest BCUT2D eigenvalue weighted by molar-refractivity contribution is 0.932. The first-order chi connectivity index (χ1) is 14.3. The molecule has 0 fully saturated rings. The summed E-state index contributed by atoms with van der Waals surface area (Å²) in [6.45, 7) is 0. The molecule has 29 heavy (non-hydrogen) atoms. The molecule has 0 aliphatic heterocycles. The monoisotopic (exact) mass is 396 g/mol. The van der Waals surface area contributed by atoms with E-state index in [0.717, 1.165) is 33.4 Å². The van der Waals surface area contributed by atoms with E-state index >= 15 is 0 Å². The number of benzene rings is 3. The highest BCUT2D eigenvalue weighted by atomic mass is 35.5. The van der Waals surface area contributed by atoms with Gasteiger partial charge in [-0.2, -0.15) is 15.0 Å². The molecule has 0 aliphatic carbocycles. The molecule has 0 N–H and O–H groups in total. The molecule has 0 saturated carbocycles. The maximum absolute atomic E-state index is 6.30. The van der Waals surface area contributed by atoms with Gasteiger partial charge in [0.2, 0.25) is 17.0 Å². The molecule has 138 valence electrons. The molecule has 7 heteroatoms. The van der Waals surface area contributed by atoms with E-state index in [1.54, 1.807) is 0 Å². The highest BCUT2D eigenvalue weighted by molar-refractivity contribution is 6.28. The van der Waals surface area contributed by atoms with Gasteiger partial charge in [-0.3, -0.25) is 4.40 Å². The van der Waals surface area contributed by atoms with E-state index in [1.807, 2.05) is 71.3 Å². The molecule has 0 bridgehead atoms. The highest BCUT2D eigenvalue weighted by Gasteiger charge is 2.19. The van der Waals surface area contributed by atoms with Crippen molar-refractivity contribution in [2.75, 3.05) is 0 Å². The Balaban J connectivity index is 1.72. The molecule has 0 aliphatic rings. The minimum Gasteiger partial charge on any atom is -0.276 e. The van der Waals surface area contributed by atoms with Crippen LogP contribution in [0.15, 0.2) is 78.9 Å². The third-order valence-electron chi connectivity index (χ3n) is 4.93. The lowest BCUT2D eigenvalue weighted by atomic mass is 10.2. The third kappa shape index (κ3) is 2.43. The number of aromatic nitrogens is 6. The van der Waals surface area contributed by atoms with Crippen molar-refractivity contribution in [3.05, 3.63) is 84.1 Å². The zero-order valence-corrected chi connectivity index (χ0v) is 15.8. The van der Waals surface area contributed by atoms with Crippen molar-refractivity contribution < 1.29 is 0 Å². The zero-order valence-electron chi connectivity index (χ0n) is 15.1. The van der Waals surface area contributed by atoms with Crippen LogP contribution in [0.1, 0.15) is 0 Å². The predicted octanol–water partition coefficient (Wildman–Crippen LogP) is 4.94. The molecule has 0 unspecified atom stereocenters. The molecule has 6 aromatic rings. The van der Waals surface area contributed by atoms with Gasteiger partial charge in [-0.25, -0.2) is 9.55 Å². The molecule has 0 radical (unpaired) electrons. The minimum absolute atomic E-state index is 0.140. The summed E-state index contributed by atoms with van der Waals surface area (Å²) in [5.74, 6) is 1.69. The molecular weight excluding hydrogens is 384 g/mol. The average molecular weight is 397 g/mol. The molecule has 0 spiro atoms. The van der Waals surface area contributed by atoms with Crippen molar-refractivity contribution in [3.8, 4) is 17.3 Å². The van der Waals surface area contributed by atoms with Crippen LogP contribution in [0, 0.1) is 0 Å². The predicted molar refractivity (Wildman–Crippen MR) is 113 cm³/mol. The Bertz CT molecular complexity index is 1520. The molecule has 0 amide bonds. The zero-order chi connectivity index (χ0) is 19.4. The second-order valence-electron chi connectivity index (χ2n) is 6.65. The summed E-state index contributed by atoms with van der Waals surface area (Å²) in [4.78, 5) is 18.3. The van der Waals surface area contributed by atoms with Crippen molar-refractivity contribution >= 4 is 39.4 Å².